The van der Waals surface area contributed by atoms with E-state index in [1.54, 1.807) is 32.3 Å². The van der Waals surface area contributed by atoms with Crippen molar-refractivity contribution in [3.05, 3.63) is 58.0 Å². The maximum atomic E-state index is 13.2. The number of aromatic nitrogens is 2. The third-order valence-corrected chi connectivity index (χ3v) is 7.71. The molecule has 0 N–H and O–H groups in total. The van der Waals surface area contributed by atoms with Gasteiger partial charge in [0.1, 0.15) is 0 Å². The Morgan fingerprint density at radius 3 is 2.14 bits per heavy atom. The third kappa shape index (κ3) is 3.26. The zero-order valence-corrected chi connectivity index (χ0v) is 18.0. The fourth-order valence-electron chi connectivity index (χ4n) is 4.13. The Balaban J connectivity index is 1.58. The Morgan fingerprint density at radius 1 is 0.828 bits per heavy atom. The number of anilines is 1. The standard InChI is InChI=1S/C21H26N4O3S/c1-15-5-7-18(16(2)13-15)24-9-11-25(12-10-24)29(27,28)17-6-8-19-20(14-17)23(4)21(26)22(19)3/h5-8,13-14H,9-12H2,1-4H3. The highest BCUT2D eigenvalue weighted by molar-refractivity contribution is 7.89. The highest BCUT2D eigenvalue weighted by atomic mass is 32.2. The molecule has 7 nitrogen and oxygen atoms in total. The van der Waals surface area contributed by atoms with Crippen LogP contribution in [0.1, 0.15) is 11.1 Å². The first-order valence-corrected chi connectivity index (χ1v) is 11.1. The van der Waals surface area contributed by atoms with Crippen LogP contribution in [0.15, 0.2) is 46.1 Å². The smallest absolute Gasteiger partial charge is 0.328 e. The minimum atomic E-state index is -3.61. The van der Waals surface area contributed by atoms with Crippen LogP contribution < -0.4 is 10.6 Å². The molecule has 29 heavy (non-hydrogen) atoms. The molecule has 0 spiro atoms. The van der Waals surface area contributed by atoms with Crippen molar-refractivity contribution in [2.24, 2.45) is 14.1 Å². The maximum absolute atomic E-state index is 13.2. The largest absolute Gasteiger partial charge is 0.369 e. The Morgan fingerprint density at radius 2 is 1.48 bits per heavy atom. The summed E-state index contributed by atoms with van der Waals surface area (Å²) in [5.74, 6) is 0. The lowest BCUT2D eigenvalue weighted by atomic mass is 10.1. The number of aryl methyl sites for hydroxylation is 4. The van der Waals surface area contributed by atoms with E-state index in [1.807, 2.05) is 0 Å². The fraction of sp³-hybridized carbons (Fsp3) is 0.381. The molecule has 0 saturated carbocycles. The Hall–Kier alpha value is -2.58. The van der Waals surface area contributed by atoms with Gasteiger partial charge in [0.25, 0.3) is 0 Å². The Labute approximate surface area is 170 Å². The second kappa shape index (κ2) is 7.03. The van der Waals surface area contributed by atoms with E-state index in [0.29, 0.717) is 31.7 Å². The first-order valence-electron chi connectivity index (χ1n) is 9.68. The topological polar surface area (TPSA) is 67.6 Å². The molecule has 1 aromatic heterocycles. The van der Waals surface area contributed by atoms with E-state index in [1.165, 1.54) is 24.6 Å². The molecule has 0 aliphatic carbocycles. The van der Waals surface area contributed by atoms with Crippen LogP contribution in [0.5, 0.6) is 0 Å². The summed E-state index contributed by atoms with van der Waals surface area (Å²) in [6.07, 6.45) is 0. The minimum absolute atomic E-state index is 0.170. The first kappa shape index (κ1) is 19.7. The maximum Gasteiger partial charge on any atom is 0.328 e. The number of imidazole rings is 1. The molecule has 1 aliphatic heterocycles. The number of rotatable bonds is 3. The van der Waals surface area contributed by atoms with E-state index < -0.39 is 10.0 Å². The second-order valence-electron chi connectivity index (χ2n) is 7.73. The van der Waals surface area contributed by atoms with Gasteiger partial charge in [-0.15, -0.1) is 0 Å². The predicted octanol–water partition coefficient (Wildman–Crippen LogP) is 2.00. The molecule has 0 unspecified atom stereocenters. The van der Waals surface area contributed by atoms with Crippen molar-refractivity contribution >= 4 is 26.7 Å². The molecule has 0 atom stereocenters. The Bertz CT molecular complexity index is 1250. The summed E-state index contributed by atoms with van der Waals surface area (Å²) >= 11 is 0. The van der Waals surface area contributed by atoms with Crippen molar-refractivity contribution in [3.63, 3.8) is 0 Å². The Kier molecular flexibility index (Phi) is 4.78. The number of benzene rings is 2. The van der Waals surface area contributed by atoms with Gasteiger partial charge in [-0.3, -0.25) is 9.13 Å². The average Bonchev–Trinajstić information content (AvgIpc) is 2.92. The molecule has 154 valence electrons. The molecule has 0 radical (unpaired) electrons. The average molecular weight is 415 g/mol. The monoisotopic (exact) mass is 414 g/mol. The number of hydrogen-bond acceptors (Lipinski definition) is 4. The summed E-state index contributed by atoms with van der Waals surface area (Å²) in [5, 5.41) is 0. The van der Waals surface area contributed by atoms with Gasteiger partial charge in [-0.05, 0) is 43.7 Å². The van der Waals surface area contributed by atoms with Gasteiger partial charge in [0, 0.05) is 46.0 Å². The number of piperazine rings is 1. The molecule has 0 bridgehead atoms. The fourth-order valence-corrected chi connectivity index (χ4v) is 5.57. The van der Waals surface area contributed by atoms with Crippen molar-refractivity contribution in [2.45, 2.75) is 18.7 Å². The molecule has 1 saturated heterocycles. The lowest BCUT2D eigenvalue weighted by Crippen LogP contribution is -2.48. The highest BCUT2D eigenvalue weighted by Crippen LogP contribution is 2.26. The molecule has 2 aromatic carbocycles. The molecular weight excluding hydrogens is 388 g/mol. The number of nitrogens with zero attached hydrogens (tertiary/aromatic N) is 4. The van der Waals surface area contributed by atoms with E-state index in [-0.39, 0.29) is 10.6 Å². The molecule has 2 heterocycles. The molecule has 1 fully saturated rings. The number of hydrogen-bond donors (Lipinski definition) is 0. The van der Waals surface area contributed by atoms with Crippen LogP contribution in [-0.4, -0.2) is 48.0 Å². The van der Waals surface area contributed by atoms with Crippen molar-refractivity contribution < 1.29 is 8.42 Å². The van der Waals surface area contributed by atoms with Gasteiger partial charge in [0.15, 0.2) is 0 Å². The van der Waals surface area contributed by atoms with Crippen LogP contribution in [0.25, 0.3) is 11.0 Å². The van der Waals surface area contributed by atoms with Gasteiger partial charge in [0.05, 0.1) is 15.9 Å². The SMILES string of the molecule is Cc1ccc(N2CCN(S(=O)(=O)c3ccc4c(c3)n(C)c(=O)n4C)CC2)c(C)c1. The normalized spacial score (nSPS) is 15.9. The van der Waals surface area contributed by atoms with Gasteiger partial charge in [0.2, 0.25) is 10.0 Å². The molecule has 4 rings (SSSR count). The van der Waals surface area contributed by atoms with Gasteiger partial charge in [-0.1, -0.05) is 17.7 Å². The van der Waals surface area contributed by atoms with Crippen molar-refractivity contribution in [2.75, 3.05) is 31.1 Å². The third-order valence-electron chi connectivity index (χ3n) is 5.81. The van der Waals surface area contributed by atoms with Gasteiger partial charge < -0.3 is 4.90 Å². The first-order chi connectivity index (χ1) is 13.7. The van der Waals surface area contributed by atoms with Crippen molar-refractivity contribution in [1.29, 1.82) is 0 Å². The summed E-state index contributed by atoms with van der Waals surface area (Å²) in [4.78, 5) is 14.6. The second-order valence-corrected chi connectivity index (χ2v) is 9.67. The van der Waals surface area contributed by atoms with Crippen molar-refractivity contribution in [3.8, 4) is 0 Å². The lowest BCUT2D eigenvalue weighted by Gasteiger charge is -2.36. The van der Waals surface area contributed by atoms with Crippen LogP contribution >= 0.6 is 0 Å². The number of sulfonamides is 1. The summed E-state index contributed by atoms with van der Waals surface area (Å²) in [5.41, 5.74) is 4.75. The molecule has 1 aliphatic rings. The number of fused-ring (bicyclic) bond motifs is 1. The van der Waals surface area contributed by atoms with E-state index >= 15 is 0 Å². The summed E-state index contributed by atoms with van der Waals surface area (Å²) < 4.78 is 30.9. The van der Waals surface area contributed by atoms with Crippen molar-refractivity contribution in [1.82, 2.24) is 13.4 Å². The van der Waals surface area contributed by atoms with Crippen LogP contribution in [0, 0.1) is 13.8 Å². The lowest BCUT2D eigenvalue weighted by molar-refractivity contribution is 0.385. The summed E-state index contributed by atoms with van der Waals surface area (Å²) in [7, 11) is -0.272. The van der Waals surface area contributed by atoms with Gasteiger partial charge in [-0.25, -0.2) is 13.2 Å². The molecule has 0 amide bonds. The van der Waals surface area contributed by atoms with E-state index in [0.717, 1.165) is 11.2 Å². The van der Waals surface area contributed by atoms with Gasteiger partial charge in [-0.2, -0.15) is 4.31 Å². The quantitative estimate of drug-likeness (QED) is 0.658. The van der Waals surface area contributed by atoms with Crippen LogP contribution in [0.2, 0.25) is 0 Å². The molecule has 3 aromatic rings. The zero-order chi connectivity index (χ0) is 20.9. The van der Waals surface area contributed by atoms with E-state index in [2.05, 4.69) is 36.9 Å². The van der Waals surface area contributed by atoms with Gasteiger partial charge >= 0.3 is 5.69 Å². The minimum Gasteiger partial charge on any atom is -0.369 e. The summed E-state index contributed by atoms with van der Waals surface area (Å²) in [6.45, 7) is 6.32. The van der Waals surface area contributed by atoms with E-state index in [9.17, 15) is 13.2 Å². The molecule has 8 heteroatoms. The predicted molar refractivity (Wildman–Crippen MR) is 115 cm³/mol. The van der Waals surface area contributed by atoms with Crippen LogP contribution in [0.3, 0.4) is 0 Å². The molecular formula is C21H26N4O3S. The van der Waals surface area contributed by atoms with Crippen LogP contribution in [-0.2, 0) is 24.1 Å². The summed E-state index contributed by atoms with van der Waals surface area (Å²) in [6, 6.07) is 11.2. The van der Waals surface area contributed by atoms with Crippen LogP contribution in [0.4, 0.5) is 5.69 Å². The zero-order valence-electron chi connectivity index (χ0n) is 17.2. The highest BCUT2D eigenvalue weighted by Gasteiger charge is 2.29. The van der Waals surface area contributed by atoms with E-state index in [4.69, 9.17) is 0 Å².